The molecular weight excluding hydrogens is 298 g/mol. The van der Waals surface area contributed by atoms with Crippen LogP contribution in [-0.2, 0) is 13.6 Å². The normalized spacial score (nSPS) is 16.0. The van der Waals surface area contributed by atoms with Crippen LogP contribution >= 0.6 is 0 Å². The molecule has 0 radical (unpaired) electrons. The first-order valence-corrected chi connectivity index (χ1v) is 8.31. The second-order valence-corrected chi connectivity index (χ2v) is 7.01. The van der Waals surface area contributed by atoms with Crippen LogP contribution in [0.15, 0.2) is 52.1 Å². The van der Waals surface area contributed by atoms with E-state index >= 15 is 0 Å². The lowest BCUT2D eigenvalue weighted by atomic mass is 9.99. The van der Waals surface area contributed by atoms with Crippen molar-refractivity contribution in [1.82, 2.24) is 20.4 Å². The summed E-state index contributed by atoms with van der Waals surface area (Å²) in [7, 11) is 1.92. The molecule has 0 amide bonds. The Labute approximate surface area is 145 Å². The Hall–Kier alpha value is -2.30. The van der Waals surface area contributed by atoms with Gasteiger partial charge in [-0.3, -0.25) is 4.68 Å². The van der Waals surface area contributed by atoms with Crippen LogP contribution in [0, 0.1) is 0 Å². The molecule has 1 fully saturated rings. The van der Waals surface area contributed by atoms with Gasteiger partial charge in [-0.25, -0.2) is 4.99 Å². The summed E-state index contributed by atoms with van der Waals surface area (Å²) in [5.41, 5.74) is 5.37. The fourth-order valence-corrected chi connectivity index (χ4v) is 2.71. The van der Waals surface area contributed by atoms with E-state index < -0.39 is 0 Å². The molecule has 1 heterocycles. The van der Waals surface area contributed by atoms with Crippen LogP contribution in [0.2, 0.25) is 0 Å². The molecule has 24 heavy (non-hydrogen) atoms. The number of aromatic nitrogens is 2. The number of nitrogens with one attached hydrogen (secondary N) is 2. The van der Waals surface area contributed by atoms with Gasteiger partial charge in [0.15, 0.2) is 0 Å². The third kappa shape index (κ3) is 4.37. The highest BCUT2D eigenvalue weighted by molar-refractivity contribution is 5.49. The van der Waals surface area contributed by atoms with Crippen molar-refractivity contribution < 1.29 is 0 Å². The van der Waals surface area contributed by atoms with Crippen molar-refractivity contribution in [3.8, 4) is 0 Å². The second-order valence-electron chi connectivity index (χ2n) is 7.01. The Bertz CT molecular complexity index is 697. The van der Waals surface area contributed by atoms with E-state index in [1.165, 1.54) is 18.4 Å². The molecule has 5 heteroatoms. The summed E-state index contributed by atoms with van der Waals surface area (Å²) >= 11 is 0. The fourth-order valence-electron chi connectivity index (χ4n) is 2.71. The summed E-state index contributed by atoms with van der Waals surface area (Å²) in [6, 6.07) is 2.00. The van der Waals surface area contributed by atoms with E-state index in [9.17, 15) is 0 Å². The van der Waals surface area contributed by atoms with Crippen LogP contribution in [0.1, 0.15) is 46.2 Å². The maximum Gasteiger partial charge on any atom is 0.129 e. The maximum atomic E-state index is 4.38. The molecular formula is C19H29N5. The molecule has 2 rings (SSSR count). The zero-order valence-corrected chi connectivity index (χ0v) is 15.5. The Morgan fingerprint density at radius 3 is 2.50 bits per heavy atom. The van der Waals surface area contributed by atoms with E-state index in [4.69, 9.17) is 0 Å². The van der Waals surface area contributed by atoms with Gasteiger partial charge in [0.1, 0.15) is 5.82 Å². The molecule has 1 aliphatic rings. The second kappa shape index (κ2) is 7.07. The Balaban J connectivity index is 2.16. The van der Waals surface area contributed by atoms with Gasteiger partial charge in [-0.2, -0.15) is 5.10 Å². The van der Waals surface area contributed by atoms with Crippen LogP contribution in [0.3, 0.4) is 0 Å². The predicted octanol–water partition coefficient (Wildman–Crippen LogP) is 3.43. The van der Waals surface area contributed by atoms with Crippen LogP contribution in [-0.4, -0.2) is 22.0 Å². The minimum absolute atomic E-state index is 0.160. The van der Waals surface area contributed by atoms with E-state index in [2.05, 4.69) is 61.7 Å². The molecule has 1 aromatic heterocycles. The maximum absolute atomic E-state index is 4.38. The van der Waals surface area contributed by atoms with Gasteiger partial charge in [0.05, 0.1) is 12.2 Å². The molecule has 0 aliphatic heterocycles. The summed E-state index contributed by atoms with van der Waals surface area (Å²) in [6.45, 7) is 17.1. The fraction of sp³-hybridized carbons (Fsp3) is 0.474. The first-order valence-electron chi connectivity index (χ1n) is 8.31. The number of aliphatic imine (C=N–C) groups is 1. The Kier molecular flexibility index (Phi) is 5.32. The highest BCUT2D eigenvalue weighted by Crippen LogP contribution is 2.36. The van der Waals surface area contributed by atoms with Crippen molar-refractivity contribution in [1.29, 1.82) is 0 Å². The third-order valence-corrected chi connectivity index (χ3v) is 4.36. The lowest BCUT2D eigenvalue weighted by molar-refractivity contribution is 0.601. The number of allylic oxidation sites excluding steroid dienone is 2. The molecule has 1 saturated carbocycles. The van der Waals surface area contributed by atoms with Crippen molar-refractivity contribution >= 4 is 6.72 Å². The number of hydrogen-bond donors (Lipinski definition) is 2. The first kappa shape index (κ1) is 18.0. The van der Waals surface area contributed by atoms with Crippen molar-refractivity contribution in [2.24, 2.45) is 12.0 Å². The predicted molar refractivity (Wildman–Crippen MR) is 101 cm³/mol. The van der Waals surface area contributed by atoms with Crippen LogP contribution < -0.4 is 10.6 Å². The van der Waals surface area contributed by atoms with Crippen molar-refractivity contribution in [3.05, 3.63) is 52.8 Å². The van der Waals surface area contributed by atoms with E-state index in [1.807, 2.05) is 19.3 Å². The van der Waals surface area contributed by atoms with E-state index in [-0.39, 0.29) is 5.54 Å². The SMILES string of the molecule is C=N/C(NC1(C)CC1)=C(\C)C(C(=C)NCc1ccn(C)n1)=C(C)C. The quantitative estimate of drug-likeness (QED) is 0.568. The summed E-state index contributed by atoms with van der Waals surface area (Å²) in [6.07, 6.45) is 4.28. The molecule has 130 valence electrons. The largest absolute Gasteiger partial charge is 0.379 e. The van der Waals surface area contributed by atoms with Gasteiger partial charge in [0.25, 0.3) is 0 Å². The smallest absolute Gasteiger partial charge is 0.129 e. The Morgan fingerprint density at radius 1 is 1.38 bits per heavy atom. The minimum Gasteiger partial charge on any atom is -0.379 e. The molecule has 5 nitrogen and oxygen atoms in total. The zero-order chi connectivity index (χ0) is 17.9. The lowest BCUT2D eigenvalue weighted by Crippen LogP contribution is -2.28. The molecule has 0 unspecified atom stereocenters. The van der Waals surface area contributed by atoms with Gasteiger partial charge in [-0.1, -0.05) is 12.2 Å². The average molecular weight is 327 g/mol. The van der Waals surface area contributed by atoms with Crippen molar-refractivity contribution in [2.45, 2.75) is 52.6 Å². The number of aryl methyl sites for hydroxylation is 1. The average Bonchev–Trinajstić information content (AvgIpc) is 3.09. The van der Waals surface area contributed by atoms with Crippen LogP contribution in [0.5, 0.6) is 0 Å². The van der Waals surface area contributed by atoms with Gasteiger partial charge < -0.3 is 10.6 Å². The van der Waals surface area contributed by atoms with Crippen LogP contribution in [0.25, 0.3) is 0 Å². The van der Waals surface area contributed by atoms with E-state index in [1.54, 1.807) is 4.68 Å². The zero-order valence-electron chi connectivity index (χ0n) is 15.5. The molecule has 0 aromatic carbocycles. The van der Waals surface area contributed by atoms with Gasteiger partial charge in [-0.15, -0.1) is 0 Å². The van der Waals surface area contributed by atoms with Gasteiger partial charge >= 0.3 is 0 Å². The summed E-state index contributed by atoms with van der Waals surface area (Å²) in [5.74, 6) is 0.840. The standard InChI is InChI=1S/C19H29N5/c1-13(2)17(14(3)18(20-6)22-19(5)9-10-19)15(4)21-12-16-8-11-24(7)23-16/h8,11,21-22H,4,6,9-10,12H2,1-3,5,7H3/b18-14-. The third-order valence-electron chi connectivity index (χ3n) is 4.36. The number of nitrogens with zero attached hydrogens (tertiary/aromatic N) is 3. The van der Waals surface area contributed by atoms with Crippen molar-refractivity contribution in [2.75, 3.05) is 0 Å². The highest BCUT2D eigenvalue weighted by Gasteiger charge is 2.38. The molecule has 0 saturated heterocycles. The number of rotatable bonds is 8. The van der Waals surface area contributed by atoms with E-state index in [0.29, 0.717) is 6.54 Å². The molecule has 2 N–H and O–H groups in total. The number of hydrogen-bond acceptors (Lipinski definition) is 4. The summed E-state index contributed by atoms with van der Waals surface area (Å²) in [4.78, 5) is 4.22. The monoisotopic (exact) mass is 327 g/mol. The molecule has 1 aromatic rings. The van der Waals surface area contributed by atoms with Crippen LogP contribution in [0.4, 0.5) is 0 Å². The molecule has 1 aliphatic carbocycles. The Morgan fingerprint density at radius 2 is 2.04 bits per heavy atom. The summed E-state index contributed by atoms with van der Waals surface area (Å²) in [5, 5.41) is 11.3. The molecule has 0 spiro atoms. The summed E-state index contributed by atoms with van der Waals surface area (Å²) < 4.78 is 1.80. The highest BCUT2D eigenvalue weighted by atomic mass is 15.3. The topological polar surface area (TPSA) is 54.2 Å². The van der Waals surface area contributed by atoms with Crippen molar-refractivity contribution in [3.63, 3.8) is 0 Å². The van der Waals surface area contributed by atoms with E-state index in [0.717, 1.165) is 28.4 Å². The first-order chi connectivity index (χ1) is 11.3. The van der Waals surface area contributed by atoms with Gasteiger partial charge in [0, 0.05) is 35.6 Å². The van der Waals surface area contributed by atoms with Gasteiger partial charge in [-0.05, 0) is 53.3 Å². The minimum atomic E-state index is 0.160. The molecule has 0 bridgehead atoms. The molecule has 0 atom stereocenters. The lowest BCUT2D eigenvalue weighted by Gasteiger charge is -2.20. The van der Waals surface area contributed by atoms with Gasteiger partial charge in [0.2, 0.25) is 0 Å².